The average Bonchev–Trinajstić information content (AvgIpc) is 2.90. The van der Waals surface area contributed by atoms with Gasteiger partial charge in [-0.15, -0.1) is 0 Å². The molecule has 0 atom stereocenters. The molecule has 0 radical (unpaired) electrons. The van der Waals surface area contributed by atoms with Gasteiger partial charge in [0.25, 0.3) is 0 Å². The van der Waals surface area contributed by atoms with Gasteiger partial charge in [-0.2, -0.15) is 0 Å². The lowest BCUT2D eigenvalue weighted by atomic mass is 10.3. The predicted molar refractivity (Wildman–Crippen MR) is 84.5 cm³/mol. The quantitative estimate of drug-likeness (QED) is 0.607. The van der Waals surface area contributed by atoms with E-state index in [0.717, 1.165) is 37.9 Å². The highest BCUT2D eigenvalue weighted by atomic mass is 32.2. The minimum Gasteiger partial charge on any atom is -0.333 e. The predicted octanol–water partition coefficient (Wildman–Crippen LogP) is 3.97. The van der Waals surface area contributed by atoms with E-state index in [1.54, 1.807) is 0 Å². The molecule has 102 valence electrons. The van der Waals surface area contributed by atoms with Gasteiger partial charge in [-0.25, -0.2) is 15.0 Å². The van der Waals surface area contributed by atoms with Crippen LogP contribution in [-0.4, -0.2) is 19.9 Å². The number of hydrogen-bond acceptors (Lipinski definition) is 4. The molecule has 21 heavy (non-hydrogen) atoms. The molecule has 0 amide bonds. The van der Waals surface area contributed by atoms with E-state index < -0.39 is 0 Å². The second-order valence-electron chi connectivity index (χ2n) is 4.76. The van der Waals surface area contributed by atoms with Crippen molar-refractivity contribution in [3.8, 4) is 0 Å². The number of benzene rings is 2. The molecule has 4 nitrogen and oxygen atoms in total. The van der Waals surface area contributed by atoms with Gasteiger partial charge in [0.2, 0.25) is 0 Å². The number of fused-ring (bicyclic) bond motifs is 2. The summed E-state index contributed by atoms with van der Waals surface area (Å²) in [5, 5.41) is 1.72. The number of hydrogen-bond donors (Lipinski definition) is 1. The molecule has 0 spiro atoms. The van der Waals surface area contributed by atoms with Crippen molar-refractivity contribution in [1.29, 1.82) is 0 Å². The van der Waals surface area contributed by atoms with Gasteiger partial charge < -0.3 is 4.98 Å². The topological polar surface area (TPSA) is 54.5 Å². The zero-order chi connectivity index (χ0) is 14.2. The molecule has 2 aromatic carbocycles. The van der Waals surface area contributed by atoms with Crippen LogP contribution in [0.1, 0.15) is 5.69 Å². The van der Waals surface area contributed by atoms with Crippen LogP contribution < -0.4 is 0 Å². The highest BCUT2D eigenvalue weighted by Crippen LogP contribution is 2.28. The molecular weight excluding hydrogens is 280 g/mol. The summed E-state index contributed by atoms with van der Waals surface area (Å²) < 4.78 is 0. The standard InChI is InChI=1S/C16H12N4S/c1-10-15(18-12-7-3-2-6-11(12)17-10)21-16-19-13-8-4-5-9-14(13)20-16/h2-9H,1H3,(H,19,20). The maximum absolute atomic E-state index is 4.68. The lowest BCUT2D eigenvalue weighted by Crippen LogP contribution is -1.92. The van der Waals surface area contributed by atoms with Crippen LogP contribution in [0.5, 0.6) is 0 Å². The number of rotatable bonds is 2. The number of para-hydroxylation sites is 4. The summed E-state index contributed by atoms with van der Waals surface area (Å²) in [6.07, 6.45) is 0. The van der Waals surface area contributed by atoms with Crippen molar-refractivity contribution in [2.75, 3.05) is 0 Å². The minimum absolute atomic E-state index is 0.837. The molecule has 0 aliphatic rings. The van der Waals surface area contributed by atoms with Gasteiger partial charge >= 0.3 is 0 Å². The summed E-state index contributed by atoms with van der Waals surface area (Å²) in [7, 11) is 0. The van der Waals surface area contributed by atoms with Gasteiger partial charge in [0.15, 0.2) is 5.16 Å². The minimum atomic E-state index is 0.837. The molecule has 0 saturated carbocycles. The van der Waals surface area contributed by atoms with E-state index >= 15 is 0 Å². The maximum atomic E-state index is 4.68. The van der Waals surface area contributed by atoms with Gasteiger partial charge in [-0.1, -0.05) is 24.3 Å². The van der Waals surface area contributed by atoms with Crippen LogP contribution in [0, 0.1) is 6.92 Å². The summed E-state index contributed by atoms with van der Waals surface area (Å²) >= 11 is 1.51. The number of imidazole rings is 1. The molecule has 4 rings (SSSR count). The molecule has 0 unspecified atom stereocenters. The van der Waals surface area contributed by atoms with Crippen LogP contribution in [0.25, 0.3) is 22.1 Å². The summed E-state index contributed by atoms with van der Waals surface area (Å²) in [5.74, 6) is 0. The van der Waals surface area contributed by atoms with Crippen LogP contribution in [0.15, 0.2) is 58.7 Å². The zero-order valence-corrected chi connectivity index (χ0v) is 12.2. The van der Waals surface area contributed by atoms with Crippen LogP contribution in [0.2, 0.25) is 0 Å². The summed E-state index contributed by atoms with van der Waals surface area (Å²) in [6.45, 7) is 1.98. The second kappa shape index (κ2) is 4.86. The molecule has 1 N–H and O–H groups in total. The Hall–Kier alpha value is -2.40. The van der Waals surface area contributed by atoms with Gasteiger partial charge in [-0.05, 0) is 43.0 Å². The van der Waals surface area contributed by atoms with E-state index in [1.165, 1.54) is 11.8 Å². The largest absolute Gasteiger partial charge is 0.333 e. The molecule has 0 aliphatic heterocycles. The van der Waals surface area contributed by atoms with Crippen molar-refractivity contribution in [2.24, 2.45) is 0 Å². The fourth-order valence-electron chi connectivity index (χ4n) is 2.24. The Kier molecular flexibility index (Phi) is 2.86. The van der Waals surface area contributed by atoms with Gasteiger partial charge in [0.05, 0.1) is 27.8 Å². The van der Waals surface area contributed by atoms with E-state index in [0.29, 0.717) is 0 Å². The monoisotopic (exact) mass is 292 g/mol. The van der Waals surface area contributed by atoms with Crippen molar-refractivity contribution in [3.63, 3.8) is 0 Å². The first-order valence-corrected chi connectivity index (χ1v) is 7.47. The van der Waals surface area contributed by atoms with Crippen LogP contribution in [-0.2, 0) is 0 Å². The van der Waals surface area contributed by atoms with E-state index in [2.05, 4.69) is 19.9 Å². The van der Waals surface area contributed by atoms with E-state index in [-0.39, 0.29) is 0 Å². The fourth-order valence-corrected chi connectivity index (χ4v) is 3.06. The van der Waals surface area contributed by atoms with Crippen LogP contribution in [0.3, 0.4) is 0 Å². The number of nitrogens with zero attached hydrogens (tertiary/aromatic N) is 3. The Morgan fingerprint density at radius 3 is 2.24 bits per heavy atom. The molecule has 2 heterocycles. The van der Waals surface area contributed by atoms with Crippen molar-refractivity contribution < 1.29 is 0 Å². The number of aromatic nitrogens is 4. The van der Waals surface area contributed by atoms with Crippen LogP contribution in [0.4, 0.5) is 0 Å². The molecular formula is C16H12N4S. The Morgan fingerprint density at radius 1 is 0.810 bits per heavy atom. The second-order valence-corrected chi connectivity index (χ2v) is 5.74. The summed E-state index contributed by atoms with van der Waals surface area (Å²) in [5.41, 5.74) is 4.74. The summed E-state index contributed by atoms with van der Waals surface area (Å²) in [4.78, 5) is 17.2. The molecule has 0 fully saturated rings. The van der Waals surface area contributed by atoms with Crippen molar-refractivity contribution in [1.82, 2.24) is 19.9 Å². The van der Waals surface area contributed by atoms with Gasteiger partial charge in [-0.3, -0.25) is 0 Å². The van der Waals surface area contributed by atoms with E-state index in [9.17, 15) is 0 Å². The third kappa shape index (κ3) is 2.25. The number of aryl methyl sites for hydroxylation is 1. The van der Waals surface area contributed by atoms with Crippen molar-refractivity contribution >= 4 is 33.8 Å². The third-order valence-electron chi connectivity index (χ3n) is 3.26. The highest BCUT2D eigenvalue weighted by molar-refractivity contribution is 7.99. The lowest BCUT2D eigenvalue weighted by Gasteiger charge is -2.04. The molecule has 4 aromatic rings. The Balaban J connectivity index is 1.77. The van der Waals surface area contributed by atoms with Gasteiger partial charge in [0.1, 0.15) is 5.03 Å². The normalized spacial score (nSPS) is 11.3. The first-order valence-electron chi connectivity index (χ1n) is 6.65. The SMILES string of the molecule is Cc1nc2ccccc2nc1Sc1nc2ccccc2[nH]1. The van der Waals surface area contributed by atoms with Crippen molar-refractivity contribution in [3.05, 3.63) is 54.2 Å². The van der Waals surface area contributed by atoms with E-state index in [4.69, 9.17) is 0 Å². The molecule has 5 heteroatoms. The molecule has 0 saturated heterocycles. The van der Waals surface area contributed by atoms with Crippen LogP contribution >= 0.6 is 11.8 Å². The lowest BCUT2D eigenvalue weighted by molar-refractivity contribution is 1.01. The number of aromatic amines is 1. The maximum Gasteiger partial charge on any atom is 0.172 e. The molecule has 2 aromatic heterocycles. The first-order chi connectivity index (χ1) is 10.3. The van der Waals surface area contributed by atoms with Crippen molar-refractivity contribution in [2.45, 2.75) is 17.1 Å². The number of H-pyrrole nitrogens is 1. The Morgan fingerprint density at radius 2 is 1.48 bits per heavy atom. The molecule has 0 aliphatic carbocycles. The average molecular weight is 292 g/mol. The first kappa shape index (κ1) is 12.3. The molecule has 0 bridgehead atoms. The third-order valence-corrected chi connectivity index (χ3v) is 4.23. The highest BCUT2D eigenvalue weighted by Gasteiger charge is 2.10. The summed E-state index contributed by atoms with van der Waals surface area (Å²) in [6, 6.07) is 15.9. The zero-order valence-electron chi connectivity index (χ0n) is 11.4. The number of nitrogens with one attached hydrogen (secondary N) is 1. The van der Waals surface area contributed by atoms with Gasteiger partial charge in [0, 0.05) is 0 Å². The fraction of sp³-hybridized carbons (Fsp3) is 0.0625. The Bertz CT molecular complexity index is 912. The Labute approximate surface area is 125 Å². The smallest absolute Gasteiger partial charge is 0.172 e. The van der Waals surface area contributed by atoms with E-state index in [1.807, 2.05) is 55.5 Å².